The van der Waals surface area contributed by atoms with Crippen LogP contribution in [0.1, 0.15) is 0 Å². The van der Waals surface area contributed by atoms with Gasteiger partial charge in [-0.1, -0.05) is 0 Å². The second-order valence-corrected chi connectivity index (χ2v) is 0.596. The summed E-state index contributed by atoms with van der Waals surface area (Å²) in [7, 11) is 0. The lowest BCUT2D eigenvalue weighted by Gasteiger charge is -1.81. The molecule has 0 atom stereocenters. The Bertz CT molecular complexity index is 33.9. The van der Waals surface area contributed by atoms with Crippen LogP contribution in [0.4, 0.5) is 0 Å². The van der Waals surface area contributed by atoms with E-state index in [9.17, 15) is 0 Å². The average Bonchev–Trinajstić information content (AvgIpc) is 1.38. The molecule has 0 bridgehead atoms. The van der Waals surface area contributed by atoms with Gasteiger partial charge in [0, 0.05) is 0 Å². The Balaban J connectivity index is 2.83. The highest BCUT2D eigenvalue weighted by Crippen LogP contribution is 1.55. The van der Waals surface area contributed by atoms with Crippen LogP contribution in [0.25, 0.3) is 0 Å². The van der Waals surface area contributed by atoms with Crippen LogP contribution in [0.15, 0.2) is 5.18 Å². The number of rotatable bonds is 1. The lowest BCUT2D eigenvalue weighted by molar-refractivity contribution is 0.745. The van der Waals surface area contributed by atoms with E-state index in [-0.39, 0.29) is 0 Å². The van der Waals surface area contributed by atoms with Gasteiger partial charge in [0.25, 0.3) is 0 Å². The first-order valence-corrected chi connectivity index (χ1v) is 1.11. The highest BCUT2D eigenvalue weighted by Gasteiger charge is 1.79. The topological polar surface area (TPSA) is 81.5 Å². The fourth-order valence-electron chi connectivity index (χ4n) is 0. The molecule has 30 valence electrons. The maximum Gasteiger partial charge on any atom is 0.190 e. The number of hydrogen-bond acceptors (Lipinski definition) is 4. The molecule has 0 aromatic heterocycles. The van der Waals surface area contributed by atoms with E-state index in [0.717, 1.165) is 0 Å². The van der Waals surface area contributed by atoms with Gasteiger partial charge in [-0.3, -0.25) is 11.5 Å². The van der Waals surface area contributed by atoms with Crippen LogP contribution in [0.5, 0.6) is 0 Å². The monoisotopic (exact) mass is 75.0 g/mol. The number of hydrogen-bond donors (Lipinski definition) is 2. The second kappa shape index (κ2) is 1.80. The Labute approximate surface area is 29.1 Å². The molecule has 4 nitrogen and oxygen atoms in total. The van der Waals surface area contributed by atoms with Crippen LogP contribution >= 0.6 is 0 Å². The molecule has 0 heterocycles. The van der Waals surface area contributed by atoms with Crippen LogP contribution in [0.3, 0.4) is 0 Å². The Morgan fingerprint density at radius 3 is 1.80 bits per heavy atom. The van der Waals surface area contributed by atoms with Crippen LogP contribution in [-0.4, -0.2) is 6.29 Å². The summed E-state index contributed by atoms with van der Waals surface area (Å²) < 4.78 is 0. The van der Waals surface area contributed by atoms with Gasteiger partial charge in [0.15, 0.2) is 6.29 Å². The summed E-state index contributed by atoms with van der Waals surface area (Å²) >= 11 is 0. The van der Waals surface area contributed by atoms with Gasteiger partial charge >= 0.3 is 0 Å². The minimum absolute atomic E-state index is 1.05. The molecule has 0 spiro atoms. The van der Waals surface area contributed by atoms with Gasteiger partial charge in [-0.25, -0.2) is 0 Å². The van der Waals surface area contributed by atoms with Crippen molar-refractivity contribution < 1.29 is 0 Å². The van der Waals surface area contributed by atoms with Crippen molar-refractivity contribution in [1.82, 2.24) is 0 Å². The van der Waals surface area contributed by atoms with Crippen molar-refractivity contribution in [2.24, 2.45) is 16.6 Å². The summed E-state index contributed by atoms with van der Waals surface area (Å²) in [6, 6.07) is 0. The number of nitroso groups, excluding NO2 is 1. The van der Waals surface area contributed by atoms with Crippen LogP contribution in [-0.2, 0) is 0 Å². The molecule has 5 heavy (non-hydrogen) atoms. The number of nitrogens with two attached hydrogens (primary N) is 2. The highest BCUT2D eigenvalue weighted by molar-refractivity contribution is 4.37. The zero-order valence-corrected chi connectivity index (χ0v) is 2.59. The van der Waals surface area contributed by atoms with Crippen LogP contribution in [0, 0.1) is 4.91 Å². The van der Waals surface area contributed by atoms with Gasteiger partial charge in [-0.15, -0.1) is 4.91 Å². The molecule has 0 saturated heterocycles. The highest BCUT2D eigenvalue weighted by atomic mass is 16.3. The van der Waals surface area contributed by atoms with Crippen molar-refractivity contribution in [1.29, 1.82) is 0 Å². The first-order valence-electron chi connectivity index (χ1n) is 1.11. The molecule has 0 amide bonds. The van der Waals surface area contributed by atoms with Crippen molar-refractivity contribution in [2.75, 3.05) is 0 Å². The zero-order valence-electron chi connectivity index (χ0n) is 2.59. The molecule has 0 saturated carbocycles. The smallest absolute Gasteiger partial charge is 0.190 e. The Morgan fingerprint density at radius 2 is 1.80 bits per heavy atom. The summed E-state index contributed by atoms with van der Waals surface area (Å²) in [6.45, 7) is 0. The third kappa shape index (κ3) is 3.52. The van der Waals surface area contributed by atoms with E-state index in [1.165, 1.54) is 0 Å². The fourth-order valence-corrected chi connectivity index (χ4v) is 0. The maximum atomic E-state index is 9.00. The normalized spacial score (nSPS) is 8.60. The fraction of sp³-hybridized carbons (Fsp3) is 1.00. The predicted octanol–water partition coefficient (Wildman–Crippen LogP) is -1.05. The summed E-state index contributed by atoms with van der Waals surface area (Å²) in [6.07, 6.45) is -1.05. The van der Waals surface area contributed by atoms with Gasteiger partial charge in [0.2, 0.25) is 0 Å². The SMILES string of the molecule is NC(N)N=O. The molecule has 0 radical (unpaired) electrons. The largest absolute Gasteiger partial charge is 0.295 e. The molecule has 0 aliphatic carbocycles. The van der Waals surface area contributed by atoms with Gasteiger partial charge < -0.3 is 0 Å². The molecular weight excluding hydrogens is 70.0 g/mol. The van der Waals surface area contributed by atoms with Gasteiger partial charge in [-0.05, 0) is 5.18 Å². The van der Waals surface area contributed by atoms with E-state index in [1.807, 2.05) is 0 Å². The Morgan fingerprint density at radius 1 is 1.60 bits per heavy atom. The molecule has 0 unspecified atom stereocenters. The van der Waals surface area contributed by atoms with E-state index in [0.29, 0.717) is 0 Å². The first kappa shape index (κ1) is 4.52. The van der Waals surface area contributed by atoms with Gasteiger partial charge in [0.1, 0.15) is 0 Å². The molecule has 0 aromatic carbocycles. The van der Waals surface area contributed by atoms with E-state index < -0.39 is 6.29 Å². The van der Waals surface area contributed by atoms with Crippen molar-refractivity contribution in [2.45, 2.75) is 6.29 Å². The zero-order chi connectivity index (χ0) is 4.28. The third-order valence-electron chi connectivity index (χ3n) is 0.122. The second-order valence-electron chi connectivity index (χ2n) is 0.596. The predicted molar refractivity (Wildman–Crippen MR) is 18.0 cm³/mol. The molecular formula is CH5N3O. The number of nitrogens with zero attached hydrogens (tertiary/aromatic N) is 1. The molecule has 4 N–H and O–H groups in total. The maximum absolute atomic E-state index is 9.00. The molecule has 0 aliphatic rings. The molecule has 4 heteroatoms. The first-order chi connectivity index (χ1) is 2.27. The Hall–Kier alpha value is -0.480. The van der Waals surface area contributed by atoms with Crippen LogP contribution < -0.4 is 11.5 Å². The lowest BCUT2D eigenvalue weighted by Crippen LogP contribution is -2.26. The van der Waals surface area contributed by atoms with Crippen molar-refractivity contribution in [3.8, 4) is 0 Å². The summed E-state index contributed by atoms with van der Waals surface area (Å²) in [5.41, 5.74) is 9.18. The quantitative estimate of drug-likeness (QED) is 0.308. The molecule has 0 aliphatic heterocycles. The van der Waals surface area contributed by atoms with E-state index in [1.54, 1.807) is 0 Å². The van der Waals surface area contributed by atoms with E-state index >= 15 is 0 Å². The van der Waals surface area contributed by atoms with Crippen molar-refractivity contribution >= 4 is 0 Å². The van der Waals surface area contributed by atoms with Gasteiger partial charge in [0.05, 0.1) is 0 Å². The summed E-state index contributed by atoms with van der Waals surface area (Å²) in [5.74, 6) is 0. The van der Waals surface area contributed by atoms with E-state index in [4.69, 9.17) is 4.91 Å². The summed E-state index contributed by atoms with van der Waals surface area (Å²) in [5, 5.41) is 2.19. The van der Waals surface area contributed by atoms with Gasteiger partial charge in [-0.2, -0.15) is 0 Å². The molecule has 0 fully saturated rings. The minimum atomic E-state index is -1.05. The summed E-state index contributed by atoms with van der Waals surface area (Å²) in [4.78, 5) is 9.00. The van der Waals surface area contributed by atoms with Crippen molar-refractivity contribution in [3.05, 3.63) is 4.91 Å². The third-order valence-corrected chi connectivity index (χ3v) is 0.122. The lowest BCUT2D eigenvalue weighted by atomic mass is 11.0. The standard InChI is InChI=1S/CH5N3O/c2-1(3)4-5/h1H,2-3H2. The van der Waals surface area contributed by atoms with E-state index in [2.05, 4.69) is 16.6 Å². The molecule has 0 aromatic rings. The van der Waals surface area contributed by atoms with Crippen LogP contribution in [0.2, 0.25) is 0 Å². The Kier molecular flexibility index (Phi) is 1.63. The molecule has 0 rings (SSSR count). The van der Waals surface area contributed by atoms with Crippen molar-refractivity contribution in [3.63, 3.8) is 0 Å². The minimum Gasteiger partial charge on any atom is -0.295 e. The average molecular weight is 75.1 g/mol.